The molecule has 5 heteroatoms. The minimum absolute atomic E-state index is 0.0893. The van der Waals surface area contributed by atoms with Crippen molar-refractivity contribution in [1.29, 1.82) is 0 Å². The lowest BCUT2D eigenvalue weighted by Gasteiger charge is -2.18. The SMILES string of the molecule is CC(C)n1ccn(-c2ccccc2C2(CC(=O)O)CC2)c1=O. The number of imidazole rings is 1. The van der Waals surface area contributed by atoms with E-state index < -0.39 is 5.97 Å². The van der Waals surface area contributed by atoms with Crippen LogP contribution >= 0.6 is 0 Å². The molecular formula is C17H20N2O3. The second kappa shape index (κ2) is 5.16. The Morgan fingerprint density at radius 3 is 2.50 bits per heavy atom. The monoisotopic (exact) mass is 300 g/mol. The molecule has 1 aliphatic carbocycles. The molecule has 22 heavy (non-hydrogen) atoms. The van der Waals surface area contributed by atoms with Gasteiger partial charge < -0.3 is 5.11 Å². The molecule has 116 valence electrons. The lowest BCUT2D eigenvalue weighted by molar-refractivity contribution is -0.137. The number of carboxylic acid groups (broad SMARTS) is 1. The number of carbonyl (C=O) groups is 1. The summed E-state index contributed by atoms with van der Waals surface area (Å²) in [4.78, 5) is 23.7. The first kappa shape index (κ1) is 14.6. The van der Waals surface area contributed by atoms with Gasteiger partial charge >= 0.3 is 11.7 Å². The van der Waals surface area contributed by atoms with Crippen LogP contribution in [-0.4, -0.2) is 20.2 Å². The van der Waals surface area contributed by atoms with Crippen LogP contribution in [0.1, 0.15) is 44.7 Å². The summed E-state index contributed by atoms with van der Waals surface area (Å²) in [5.74, 6) is -0.792. The van der Waals surface area contributed by atoms with Crippen LogP contribution in [0.2, 0.25) is 0 Å². The van der Waals surface area contributed by atoms with Crippen LogP contribution in [0.5, 0.6) is 0 Å². The first-order chi connectivity index (χ1) is 10.4. The Morgan fingerprint density at radius 1 is 1.27 bits per heavy atom. The zero-order chi connectivity index (χ0) is 15.9. The van der Waals surface area contributed by atoms with E-state index in [9.17, 15) is 14.7 Å². The van der Waals surface area contributed by atoms with Crippen molar-refractivity contribution in [2.75, 3.05) is 0 Å². The average Bonchev–Trinajstić information content (AvgIpc) is 3.12. The maximum absolute atomic E-state index is 12.5. The largest absolute Gasteiger partial charge is 0.481 e. The van der Waals surface area contributed by atoms with E-state index in [0.29, 0.717) is 0 Å². The van der Waals surface area contributed by atoms with Gasteiger partial charge in [-0.15, -0.1) is 0 Å². The number of rotatable bonds is 5. The maximum atomic E-state index is 12.5. The van der Waals surface area contributed by atoms with Crippen molar-refractivity contribution in [2.24, 2.45) is 0 Å². The third-order valence-corrected chi connectivity index (χ3v) is 4.44. The van der Waals surface area contributed by atoms with Gasteiger partial charge in [-0.05, 0) is 38.3 Å². The van der Waals surface area contributed by atoms with E-state index in [4.69, 9.17) is 0 Å². The Labute approximate surface area is 128 Å². The fourth-order valence-electron chi connectivity index (χ4n) is 3.08. The van der Waals surface area contributed by atoms with Gasteiger partial charge in [0, 0.05) is 23.9 Å². The normalized spacial score (nSPS) is 16.0. The first-order valence-electron chi connectivity index (χ1n) is 7.56. The summed E-state index contributed by atoms with van der Waals surface area (Å²) in [6.07, 6.45) is 5.37. The second-order valence-electron chi connectivity index (χ2n) is 6.32. The van der Waals surface area contributed by atoms with E-state index in [1.54, 1.807) is 21.5 Å². The van der Waals surface area contributed by atoms with Crippen LogP contribution in [-0.2, 0) is 10.2 Å². The summed E-state index contributed by atoms with van der Waals surface area (Å²) >= 11 is 0. The van der Waals surface area contributed by atoms with E-state index >= 15 is 0 Å². The lowest BCUT2D eigenvalue weighted by Crippen LogP contribution is -2.26. The Bertz CT molecular complexity index is 766. The smallest absolute Gasteiger partial charge is 0.332 e. The quantitative estimate of drug-likeness (QED) is 0.923. The van der Waals surface area contributed by atoms with Gasteiger partial charge in [-0.1, -0.05) is 18.2 Å². The Kier molecular flexibility index (Phi) is 3.43. The number of aromatic nitrogens is 2. The highest BCUT2D eigenvalue weighted by molar-refractivity contribution is 5.71. The van der Waals surface area contributed by atoms with Gasteiger partial charge in [0.15, 0.2) is 0 Å². The maximum Gasteiger partial charge on any atom is 0.332 e. The zero-order valence-electron chi connectivity index (χ0n) is 12.8. The van der Waals surface area contributed by atoms with E-state index in [0.717, 1.165) is 24.1 Å². The zero-order valence-corrected chi connectivity index (χ0v) is 12.8. The number of hydrogen-bond donors (Lipinski definition) is 1. The van der Waals surface area contributed by atoms with Crippen LogP contribution < -0.4 is 5.69 Å². The van der Waals surface area contributed by atoms with Gasteiger partial charge in [0.25, 0.3) is 0 Å². The molecule has 0 aliphatic heterocycles. The summed E-state index contributed by atoms with van der Waals surface area (Å²) in [6, 6.07) is 7.73. The van der Waals surface area contributed by atoms with Crippen molar-refractivity contribution < 1.29 is 9.90 Å². The van der Waals surface area contributed by atoms with Crippen molar-refractivity contribution in [3.8, 4) is 5.69 Å². The predicted octanol–water partition coefficient (Wildman–Crippen LogP) is 2.73. The van der Waals surface area contributed by atoms with Crippen molar-refractivity contribution in [3.05, 3.63) is 52.7 Å². The average molecular weight is 300 g/mol. The Hall–Kier alpha value is -2.30. The highest BCUT2D eigenvalue weighted by Crippen LogP contribution is 2.52. The number of aliphatic carboxylic acids is 1. The van der Waals surface area contributed by atoms with Crippen molar-refractivity contribution in [1.82, 2.24) is 9.13 Å². The molecule has 1 fully saturated rings. The highest BCUT2D eigenvalue weighted by Gasteiger charge is 2.47. The third-order valence-electron chi connectivity index (χ3n) is 4.44. The van der Waals surface area contributed by atoms with Crippen LogP contribution in [0.15, 0.2) is 41.5 Å². The van der Waals surface area contributed by atoms with Crippen LogP contribution in [0.3, 0.4) is 0 Å². The fourth-order valence-corrected chi connectivity index (χ4v) is 3.08. The molecule has 1 N–H and O–H groups in total. The van der Waals surface area contributed by atoms with Crippen molar-refractivity contribution in [3.63, 3.8) is 0 Å². The van der Waals surface area contributed by atoms with Crippen molar-refractivity contribution >= 4 is 5.97 Å². The van der Waals surface area contributed by atoms with Gasteiger partial charge in [-0.2, -0.15) is 0 Å². The standard InChI is InChI=1S/C17H20N2O3/c1-12(2)18-9-10-19(16(18)22)14-6-4-3-5-13(14)17(7-8-17)11-15(20)21/h3-6,9-10,12H,7-8,11H2,1-2H3,(H,20,21). The molecule has 1 aromatic heterocycles. The number of nitrogens with zero attached hydrogens (tertiary/aromatic N) is 2. The van der Waals surface area contributed by atoms with Gasteiger partial charge in [-0.25, -0.2) is 4.79 Å². The number of carboxylic acids is 1. The van der Waals surface area contributed by atoms with E-state index in [1.165, 1.54) is 0 Å². The topological polar surface area (TPSA) is 64.2 Å². The molecule has 0 amide bonds. The molecule has 0 unspecified atom stereocenters. The summed E-state index contributed by atoms with van der Waals surface area (Å²) in [5.41, 5.74) is 1.35. The molecule has 5 nitrogen and oxygen atoms in total. The minimum Gasteiger partial charge on any atom is -0.481 e. The molecule has 0 atom stereocenters. The molecule has 2 aromatic rings. The van der Waals surface area contributed by atoms with Crippen LogP contribution in [0, 0.1) is 0 Å². The third kappa shape index (κ3) is 2.36. The molecular weight excluding hydrogens is 280 g/mol. The first-order valence-corrected chi connectivity index (χ1v) is 7.56. The number of hydrogen-bond acceptors (Lipinski definition) is 2. The van der Waals surface area contributed by atoms with Gasteiger partial charge in [-0.3, -0.25) is 13.9 Å². The summed E-state index contributed by atoms with van der Waals surface area (Å²) < 4.78 is 3.30. The van der Waals surface area contributed by atoms with E-state index in [-0.39, 0.29) is 23.6 Å². The molecule has 0 spiro atoms. The lowest BCUT2D eigenvalue weighted by atomic mass is 9.91. The Balaban J connectivity index is 2.10. The second-order valence-corrected chi connectivity index (χ2v) is 6.32. The van der Waals surface area contributed by atoms with E-state index in [2.05, 4.69) is 0 Å². The molecule has 1 aromatic carbocycles. The summed E-state index contributed by atoms with van der Waals surface area (Å²) in [5, 5.41) is 9.17. The Morgan fingerprint density at radius 2 is 1.95 bits per heavy atom. The van der Waals surface area contributed by atoms with Crippen molar-refractivity contribution in [2.45, 2.75) is 44.6 Å². The van der Waals surface area contributed by atoms with Gasteiger partial charge in [0.05, 0.1) is 12.1 Å². The minimum atomic E-state index is -0.792. The molecule has 3 rings (SSSR count). The molecule has 1 aliphatic rings. The molecule has 0 bridgehead atoms. The highest BCUT2D eigenvalue weighted by atomic mass is 16.4. The molecule has 1 saturated carbocycles. The van der Waals surface area contributed by atoms with Crippen LogP contribution in [0.25, 0.3) is 5.69 Å². The number of benzene rings is 1. The number of para-hydroxylation sites is 1. The predicted molar refractivity (Wildman–Crippen MR) is 83.6 cm³/mol. The van der Waals surface area contributed by atoms with Gasteiger partial charge in [0.2, 0.25) is 0 Å². The van der Waals surface area contributed by atoms with Crippen LogP contribution in [0.4, 0.5) is 0 Å². The van der Waals surface area contributed by atoms with Gasteiger partial charge in [0.1, 0.15) is 0 Å². The molecule has 0 radical (unpaired) electrons. The molecule has 0 saturated heterocycles. The summed E-state index contributed by atoms with van der Waals surface area (Å²) in [7, 11) is 0. The van der Waals surface area contributed by atoms with E-state index in [1.807, 2.05) is 38.1 Å². The fraction of sp³-hybridized carbons (Fsp3) is 0.412. The molecule has 1 heterocycles. The summed E-state index contributed by atoms with van der Waals surface area (Å²) in [6.45, 7) is 3.93.